The van der Waals surface area contributed by atoms with E-state index in [2.05, 4.69) is 12.0 Å². The van der Waals surface area contributed by atoms with Crippen molar-refractivity contribution >= 4 is 5.91 Å². The molecule has 3 rings (SSSR count). The number of hydrogen-bond acceptors (Lipinski definition) is 3. The van der Waals surface area contributed by atoms with Crippen molar-refractivity contribution < 1.29 is 9.21 Å². The van der Waals surface area contributed by atoms with E-state index < -0.39 is 0 Å². The lowest BCUT2D eigenvalue weighted by Gasteiger charge is -2.37. The van der Waals surface area contributed by atoms with Gasteiger partial charge in [0, 0.05) is 19.8 Å². The maximum atomic E-state index is 13.0. The van der Waals surface area contributed by atoms with Gasteiger partial charge in [-0.1, -0.05) is 6.92 Å². The minimum atomic E-state index is 0.0181. The van der Waals surface area contributed by atoms with E-state index in [1.807, 2.05) is 37.9 Å². The lowest BCUT2D eigenvalue weighted by molar-refractivity contribution is 0.0518. The number of rotatable bonds is 2. The standard InChI is InChI=1S/C17H23N3O2/c1-11-7-8-20(15(9-11)16-6-5-12(2)22-16)17(21)14-10-19(4)18-13(14)3/h5-6,10-11,15H,7-9H2,1-4H3/t11-,15-/m1/s1. The largest absolute Gasteiger partial charge is 0.464 e. The van der Waals surface area contributed by atoms with Gasteiger partial charge in [0.2, 0.25) is 0 Å². The van der Waals surface area contributed by atoms with Gasteiger partial charge in [0.25, 0.3) is 5.91 Å². The summed E-state index contributed by atoms with van der Waals surface area (Å²) < 4.78 is 7.50. The number of aryl methyl sites for hydroxylation is 3. The van der Waals surface area contributed by atoms with E-state index in [1.54, 1.807) is 10.9 Å². The van der Waals surface area contributed by atoms with Crippen molar-refractivity contribution in [1.29, 1.82) is 0 Å². The molecule has 2 aromatic rings. The Labute approximate surface area is 130 Å². The molecule has 5 heteroatoms. The van der Waals surface area contributed by atoms with E-state index in [1.165, 1.54) is 0 Å². The summed E-state index contributed by atoms with van der Waals surface area (Å²) >= 11 is 0. The van der Waals surface area contributed by atoms with Gasteiger partial charge in [0.1, 0.15) is 11.5 Å². The zero-order valence-corrected chi connectivity index (χ0v) is 13.7. The fourth-order valence-corrected chi connectivity index (χ4v) is 3.25. The summed E-state index contributed by atoms with van der Waals surface area (Å²) in [4.78, 5) is 14.9. The molecule has 0 radical (unpaired) electrons. The Morgan fingerprint density at radius 1 is 1.36 bits per heavy atom. The summed E-state index contributed by atoms with van der Waals surface area (Å²) in [5.74, 6) is 2.42. The molecule has 0 bridgehead atoms. The highest BCUT2D eigenvalue weighted by Crippen LogP contribution is 2.36. The third-order valence-corrected chi connectivity index (χ3v) is 4.46. The van der Waals surface area contributed by atoms with Gasteiger partial charge in [-0.05, 0) is 44.7 Å². The number of likely N-dealkylation sites (tertiary alicyclic amines) is 1. The van der Waals surface area contributed by atoms with E-state index in [0.717, 1.165) is 36.6 Å². The van der Waals surface area contributed by atoms with Crippen LogP contribution in [0.2, 0.25) is 0 Å². The molecule has 0 spiro atoms. The van der Waals surface area contributed by atoms with Crippen molar-refractivity contribution in [3.05, 3.63) is 41.1 Å². The van der Waals surface area contributed by atoms with Gasteiger partial charge in [0.05, 0.1) is 17.3 Å². The van der Waals surface area contributed by atoms with E-state index >= 15 is 0 Å². The summed E-state index contributed by atoms with van der Waals surface area (Å²) in [6, 6.07) is 3.98. The van der Waals surface area contributed by atoms with Gasteiger partial charge in [-0.2, -0.15) is 5.10 Å². The Balaban J connectivity index is 1.92. The molecule has 0 aliphatic carbocycles. The first-order valence-corrected chi connectivity index (χ1v) is 7.83. The number of aromatic nitrogens is 2. The average Bonchev–Trinajstić information content (AvgIpc) is 3.03. The van der Waals surface area contributed by atoms with Crippen LogP contribution < -0.4 is 0 Å². The molecule has 1 amide bonds. The van der Waals surface area contributed by atoms with Crippen LogP contribution in [0.1, 0.15) is 53.4 Å². The van der Waals surface area contributed by atoms with Gasteiger partial charge < -0.3 is 9.32 Å². The molecule has 1 aliphatic heterocycles. The lowest BCUT2D eigenvalue weighted by atomic mass is 9.90. The molecule has 2 aromatic heterocycles. The van der Waals surface area contributed by atoms with E-state index in [0.29, 0.717) is 11.5 Å². The van der Waals surface area contributed by atoms with Crippen LogP contribution in [0.4, 0.5) is 0 Å². The van der Waals surface area contributed by atoms with Gasteiger partial charge in [-0.15, -0.1) is 0 Å². The quantitative estimate of drug-likeness (QED) is 0.855. The fraction of sp³-hybridized carbons (Fsp3) is 0.529. The first-order valence-electron chi connectivity index (χ1n) is 7.83. The highest BCUT2D eigenvalue weighted by Gasteiger charge is 2.34. The molecule has 0 N–H and O–H groups in total. The Morgan fingerprint density at radius 2 is 2.14 bits per heavy atom. The smallest absolute Gasteiger partial charge is 0.257 e. The van der Waals surface area contributed by atoms with Crippen LogP contribution in [0.5, 0.6) is 0 Å². The zero-order chi connectivity index (χ0) is 15.9. The Bertz CT molecular complexity index is 686. The maximum Gasteiger partial charge on any atom is 0.257 e. The second kappa shape index (κ2) is 5.63. The van der Waals surface area contributed by atoms with E-state index in [9.17, 15) is 4.79 Å². The molecule has 118 valence electrons. The van der Waals surface area contributed by atoms with Gasteiger partial charge >= 0.3 is 0 Å². The summed E-state index contributed by atoms with van der Waals surface area (Å²) in [5.41, 5.74) is 1.46. The molecule has 1 saturated heterocycles. The normalized spacial score (nSPS) is 22.1. The Kier molecular flexibility index (Phi) is 3.81. The van der Waals surface area contributed by atoms with Crippen LogP contribution in [0, 0.1) is 19.8 Å². The van der Waals surface area contributed by atoms with E-state index in [-0.39, 0.29) is 11.9 Å². The third-order valence-electron chi connectivity index (χ3n) is 4.46. The average molecular weight is 301 g/mol. The second-order valence-electron chi connectivity index (χ2n) is 6.39. The zero-order valence-electron chi connectivity index (χ0n) is 13.7. The Morgan fingerprint density at radius 3 is 2.73 bits per heavy atom. The Hall–Kier alpha value is -2.04. The second-order valence-corrected chi connectivity index (χ2v) is 6.39. The molecule has 22 heavy (non-hydrogen) atoms. The van der Waals surface area contributed by atoms with E-state index in [4.69, 9.17) is 4.42 Å². The minimum absolute atomic E-state index is 0.0181. The monoisotopic (exact) mass is 301 g/mol. The fourth-order valence-electron chi connectivity index (χ4n) is 3.25. The SMILES string of the molecule is Cc1ccc([C@H]2C[C@H](C)CCN2C(=O)c2cn(C)nc2C)o1. The molecule has 1 aliphatic rings. The molecule has 0 aromatic carbocycles. The molecule has 0 unspecified atom stereocenters. The van der Waals surface area contributed by atoms with Crippen LogP contribution in [0.25, 0.3) is 0 Å². The van der Waals surface area contributed by atoms with Crippen LogP contribution in [-0.4, -0.2) is 27.1 Å². The predicted octanol–water partition coefficient (Wildman–Crippen LogP) is 3.24. The summed E-state index contributed by atoms with van der Waals surface area (Å²) in [6.45, 7) is 6.82. The highest BCUT2D eigenvalue weighted by molar-refractivity contribution is 5.95. The summed E-state index contributed by atoms with van der Waals surface area (Å²) in [5, 5.41) is 4.29. The third kappa shape index (κ3) is 2.67. The van der Waals surface area contributed by atoms with Crippen LogP contribution in [0.3, 0.4) is 0 Å². The topological polar surface area (TPSA) is 51.3 Å². The van der Waals surface area contributed by atoms with Gasteiger partial charge in [-0.25, -0.2) is 0 Å². The molecule has 2 atom stereocenters. The molecule has 3 heterocycles. The number of carbonyl (C=O) groups excluding carboxylic acids is 1. The van der Waals surface area contributed by atoms with Crippen molar-refractivity contribution in [2.75, 3.05) is 6.54 Å². The van der Waals surface area contributed by atoms with Crippen LogP contribution in [0.15, 0.2) is 22.7 Å². The lowest BCUT2D eigenvalue weighted by Crippen LogP contribution is -2.40. The van der Waals surface area contributed by atoms with Crippen LogP contribution in [-0.2, 0) is 7.05 Å². The molecular formula is C17H23N3O2. The number of hydrogen-bond donors (Lipinski definition) is 0. The van der Waals surface area contributed by atoms with Crippen LogP contribution >= 0.6 is 0 Å². The van der Waals surface area contributed by atoms with Crippen molar-refractivity contribution in [2.45, 2.75) is 39.7 Å². The number of amides is 1. The number of furan rings is 1. The minimum Gasteiger partial charge on any atom is -0.464 e. The molecule has 1 fully saturated rings. The van der Waals surface area contributed by atoms with Crippen molar-refractivity contribution in [1.82, 2.24) is 14.7 Å². The summed E-state index contributed by atoms with van der Waals surface area (Å²) in [7, 11) is 1.84. The first-order chi connectivity index (χ1) is 10.5. The molecule has 0 saturated carbocycles. The summed E-state index contributed by atoms with van der Waals surface area (Å²) in [6.07, 6.45) is 3.78. The number of nitrogens with zero attached hydrogens (tertiary/aromatic N) is 3. The van der Waals surface area contributed by atoms with Crippen molar-refractivity contribution in [2.24, 2.45) is 13.0 Å². The van der Waals surface area contributed by atoms with Gasteiger partial charge in [0.15, 0.2) is 0 Å². The molecule has 5 nitrogen and oxygen atoms in total. The number of piperidine rings is 1. The van der Waals surface area contributed by atoms with Gasteiger partial charge in [-0.3, -0.25) is 9.48 Å². The van der Waals surface area contributed by atoms with Crippen molar-refractivity contribution in [3.8, 4) is 0 Å². The highest BCUT2D eigenvalue weighted by atomic mass is 16.3. The first kappa shape index (κ1) is 14.9. The maximum absolute atomic E-state index is 13.0. The van der Waals surface area contributed by atoms with Crippen molar-refractivity contribution in [3.63, 3.8) is 0 Å². The number of carbonyl (C=O) groups is 1. The predicted molar refractivity (Wildman–Crippen MR) is 83.6 cm³/mol. The molecular weight excluding hydrogens is 278 g/mol.